The Bertz CT molecular complexity index is 940. The van der Waals surface area contributed by atoms with Crippen LogP contribution in [0.3, 0.4) is 0 Å². The van der Waals surface area contributed by atoms with Crippen LogP contribution in [0.15, 0.2) is 18.2 Å². The van der Waals surface area contributed by atoms with Gasteiger partial charge in [0.15, 0.2) is 0 Å². The van der Waals surface area contributed by atoms with Crippen molar-refractivity contribution < 1.29 is 19.2 Å². The van der Waals surface area contributed by atoms with Gasteiger partial charge in [-0.05, 0) is 39.0 Å². The Labute approximate surface area is 166 Å². The van der Waals surface area contributed by atoms with Crippen molar-refractivity contribution in [2.75, 3.05) is 5.32 Å². The van der Waals surface area contributed by atoms with Crippen LogP contribution in [-0.2, 0) is 24.7 Å². The number of benzene rings is 1. The Morgan fingerprint density at radius 2 is 1.93 bits per heavy atom. The molecule has 0 bridgehead atoms. The maximum atomic E-state index is 13.4. The number of primary amides is 1. The fraction of sp³-hybridized carbons (Fsp3) is 0.474. The number of likely N-dealkylation sites (tertiary alicyclic amines) is 1. The van der Waals surface area contributed by atoms with Gasteiger partial charge in [0.2, 0.25) is 23.6 Å². The second-order valence-electron chi connectivity index (χ2n) is 8.56. The zero-order valence-electron chi connectivity index (χ0n) is 15.7. The lowest BCUT2D eigenvalue weighted by Crippen LogP contribution is -2.56. The van der Waals surface area contributed by atoms with E-state index >= 15 is 0 Å². The molecule has 3 heterocycles. The summed E-state index contributed by atoms with van der Waals surface area (Å²) in [6.45, 7) is 5.27. The Hall–Kier alpha value is -2.45. The van der Waals surface area contributed by atoms with Crippen LogP contribution in [0.5, 0.6) is 0 Å². The summed E-state index contributed by atoms with van der Waals surface area (Å²) in [4.78, 5) is 52.6. The number of imide groups is 1. The lowest BCUT2D eigenvalue weighted by atomic mass is 9.76. The molecule has 0 radical (unpaired) electrons. The highest BCUT2D eigenvalue weighted by molar-refractivity contribution is 6.31. The minimum absolute atomic E-state index is 0.164. The van der Waals surface area contributed by atoms with Gasteiger partial charge in [0.25, 0.3) is 0 Å². The van der Waals surface area contributed by atoms with Gasteiger partial charge >= 0.3 is 0 Å². The predicted octanol–water partition coefficient (Wildman–Crippen LogP) is 0.734. The highest BCUT2D eigenvalue weighted by Crippen LogP contribution is 2.54. The topological polar surface area (TPSA) is 122 Å². The highest BCUT2D eigenvalue weighted by atomic mass is 35.5. The van der Waals surface area contributed by atoms with Crippen molar-refractivity contribution in [2.45, 2.75) is 44.3 Å². The molecule has 4 amide bonds. The summed E-state index contributed by atoms with van der Waals surface area (Å²) in [7, 11) is 0. The largest absolute Gasteiger partial charge is 0.370 e. The number of anilines is 1. The monoisotopic (exact) mass is 404 g/mol. The van der Waals surface area contributed by atoms with Crippen LogP contribution in [0.2, 0.25) is 5.02 Å². The van der Waals surface area contributed by atoms with Crippen molar-refractivity contribution >= 4 is 40.9 Å². The van der Waals surface area contributed by atoms with Crippen LogP contribution in [0, 0.1) is 11.8 Å². The van der Waals surface area contributed by atoms with Gasteiger partial charge in [0.05, 0.1) is 11.8 Å². The van der Waals surface area contributed by atoms with E-state index < -0.39 is 52.6 Å². The minimum Gasteiger partial charge on any atom is -0.370 e. The number of carbonyl (C=O) groups excluding carboxylic acids is 4. The third kappa shape index (κ3) is 2.34. The van der Waals surface area contributed by atoms with Gasteiger partial charge in [-0.3, -0.25) is 29.4 Å². The molecule has 0 aromatic heterocycles. The molecule has 8 nitrogen and oxygen atoms in total. The molecule has 28 heavy (non-hydrogen) atoms. The van der Waals surface area contributed by atoms with E-state index in [1.165, 1.54) is 4.90 Å². The van der Waals surface area contributed by atoms with E-state index in [1.54, 1.807) is 39.0 Å². The number of halogens is 1. The number of rotatable bonds is 2. The molecule has 4 N–H and O–H groups in total. The van der Waals surface area contributed by atoms with Crippen molar-refractivity contribution in [3.05, 3.63) is 28.8 Å². The van der Waals surface area contributed by atoms with Gasteiger partial charge in [0, 0.05) is 34.3 Å². The van der Waals surface area contributed by atoms with E-state index in [2.05, 4.69) is 10.6 Å². The predicted molar refractivity (Wildman–Crippen MR) is 101 cm³/mol. The summed E-state index contributed by atoms with van der Waals surface area (Å²) in [6.07, 6.45) is -0.164. The average molecular weight is 405 g/mol. The summed E-state index contributed by atoms with van der Waals surface area (Å²) >= 11 is 6.16. The lowest BCUT2D eigenvalue weighted by Gasteiger charge is -2.34. The number of nitrogens with two attached hydrogens (primary N) is 1. The molecule has 148 valence electrons. The van der Waals surface area contributed by atoms with Crippen LogP contribution in [-0.4, -0.2) is 40.1 Å². The number of fused-ring (bicyclic) bond motifs is 4. The van der Waals surface area contributed by atoms with E-state index in [0.29, 0.717) is 16.3 Å². The summed E-state index contributed by atoms with van der Waals surface area (Å²) < 4.78 is 0. The van der Waals surface area contributed by atoms with Crippen molar-refractivity contribution in [1.29, 1.82) is 0 Å². The normalized spacial score (nSPS) is 31.4. The molecule has 3 aliphatic heterocycles. The standard InChI is InChI=1S/C19H21ClN4O4/c1-18(2,3)24-15(26)13-11(7-12(21)25)23-19(14(13)16(24)27)9-6-8(20)4-5-10(9)22-17(19)28/h4-6,11,13-14,23H,7H2,1-3H3,(H2,21,25)(H,22,28)/t11-,13+,14-,19-/m0/s1. The first-order valence-electron chi connectivity index (χ1n) is 9.04. The molecule has 9 heteroatoms. The van der Waals surface area contributed by atoms with Crippen molar-refractivity contribution in [3.8, 4) is 0 Å². The van der Waals surface area contributed by atoms with E-state index in [4.69, 9.17) is 17.3 Å². The third-order valence-corrected chi connectivity index (χ3v) is 6.00. The number of nitrogens with one attached hydrogen (secondary N) is 2. The zero-order chi connectivity index (χ0) is 20.6. The van der Waals surface area contributed by atoms with Crippen LogP contribution < -0.4 is 16.4 Å². The molecule has 1 aromatic carbocycles. The van der Waals surface area contributed by atoms with E-state index in [-0.39, 0.29) is 6.42 Å². The van der Waals surface area contributed by atoms with Crippen LogP contribution in [0.4, 0.5) is 5.69 Å². The van der Waals surface area contributed by atoms with Gasteiger partial charge in [-0.2, -0.15) is 0 Å². The van der Waals surface area contributed by atoms with Gasteiger partial charge in [-0.15, -0.1) is 0 Å². The first-order valence-corrected chi connectivity index (χ1v) is 9.41. The van der Waals surface area contributed by atoms with E-state index in [0.717, 1.165) is 0 Å². The number of carbonyl (C=O) groups is 4. The molecule has 3 aliphatic rings. The van der Waals surface area contributed by atoms with E-state index in [1.807, 2.05) is 0 Å². The smallest absolute Gasteiger partial charge is 0.250 e. The first-order chi connectivity index (χ1) is 13.0. The quantitative estimate of drug-likeness (QED) is 0.627. The number of nitrogens with zero attached hydrogens (tertiary/aromatic N) is 1. The fourth-order valence-corrected chi connectivity index (χ4v) is 5.00. The van der Waals surface area contributed by atoms with Crippen molar-refractivity contribution in [2.24, 2.45) is 17.6 Å². The summed E-state index contributed by atoms with van der Waals surface area (Å²) in [5, 5.41) is 6.30. The maximum absolute atomic E-state index is 13.4. The second kappa shape index (κ2) is 5.78. The summed E-state index contributed by atoms with van der Waals surface area (Å²) in [6, 6.07) is 4.17. The Kier molecular flexibility index (Phi) is 3.90. The second-order valence-corrected chi connectivity index (χ2v) is 9.00. The molecule has 0 saturated carbocycles. The third-order valence-electron chi connectivity index (χ3n) is 5.77. The Balaban J connectivity index is 1.92. The number of hydrogen-bond acceptors (Lipinski definition) is 5. The van der Waals surface area contributed by atoms with Gasteiger partial charge in [0.1, 0.15) is 5.54 Å². The summed E-state index contributed by atoms with van der Waals surface area (Å²) in [5.74, 6) is -3.75. The molecular formula is C19H21ClN4O4. The average Bonchev–Trinajstić information content (AvgIpc) is 3.12. The highest BCUT2D eigenvalue weighted by Gasteiger charge is 2.71. The van der Waals surface area contributed by atoms with Crippen LogP contribution in [0.1, 0.15) is 32.8 Å². The summed E-state index contributed by atoms with van der Waals surface area (Å²) in [5.41, 5.74) is 4.18. The molecule has 2 fully saturated rings. The van der Waals surface area contributed by atoms with Gasteiger partial charge in [-0.25, -0.2) is 0 Å². The number of hydrogen-bond donors (Lipinski definition) is 3. The molecule has 2 saturated heterocycles. The Morgan fingerprint density at radius 3 is 2.54 bits per heavy atom. The van der Waals surface area contributed by atoms with Gasteiger partial charge < -0.3 is 11.1 Å². The molecule has 4 rings (SSSR count). The van der Waals surface area contributed by atoms with Crippen molar-refractivity contribution in [1.82, 2.24) is 10.2 Å². The van der Waals surface area contributed by atoms with Crippen LogP contribution in [0.25, 0.3) is 0 Å². The lowest BCUT2D eigenvalue weighted by molar-refractivity contribution is -0.147. The molecular weight excluding hydrogens is 384 g/mol. The first kappa shape index (κ1) is 18.9. The molecule has 4 atom stereocenters. The molecule has 1 spiro atoms. The van der Waals surface area contributed by atoms with Crippen LogP contribution >= 0.6 is 11.6 Å². The zero-order valence-corrected chi connectivity index (χ0v) is 16.5. The molecule has 0 unspecified atom stereocenters. The van der Waals surface area contributed by atoms with Gasteiger partial charge in [-0.1, -0.05) is 11.6 Å². The molecule has 1 aromatic rings. The minimum atomic E-state index is -1.47. The van der Waals surface area contributed by atoms with Crippen molar-refractivity contribution in [3.63, 3.8) is 0 Å². The maximum Gasteiger partial charge on any atom is 0.250 e. The number of amides is 4. The Morgan fingerprint density at radius 1 is 1.25 bits per heavy atom. The molecule has 0 aliphatic carbocycles. The fourth-order valence-electron chi connectivity index (χ4n) is 4.83. The SMILES string of the molecule is CC(C)(C)N1C(=O)[C@@H]2[C@H](CC(N)=O)N[C@]3(C(=O)Nc4ccc(Cl)cc43)[C@@H]2C1=O. The van der Waals surface area contributed by atoms with E-state index in [9.17, 15) is 19.2 Å².